The molecule has 21 heavy (non-hydrogen) atoms. The van der Waals surface area contributed by atoms with Crippen LogP contribution >= 0.6 is 23.2 Å². The fraction of sp³-hybridized carbons (Fsp3) is 0.133. The molecule has 0 saturated heterocycles. The van der Waals surface area contributed by atoms with Gasteiger partial charge in [0, 0.05) is 21.3 Å². The molecule has 0 saturated carbocycles. The minimum absolute atomic E-state index is 0.318. The normalized spacial score (nSPS) is 13.5. The van der Waals surface area contributed by atoms with Crippen LogP contribution < -0.4 is 11.1 Å². The monoisotopic (exact) mass is 326 g/mol. The highest BCUT2D eigenvalue weighted by molar-refractivity contribution is 6.35. The minimum Gasteiger partial charge on any atom is -0.368 e. The lowest BCUT2D eigenvalue weighted by atomic mass is 9.90. The number of anilines is 1. The molecule has 2 aromatic rings. The summed E-state index contributed by atoms with van der Waals surface area (Å²) in [4.78, 5) is 11.9. The molecule has 3 N–H and O–H groups in total. The average molecular weight is 327 g/mol. The first-order chi connectivity index (χ1) is 9.83. The largest absolute Gasteiger partial charge is 0.368 e. The molecule has 0 aliphatic heterocycles. The third-order valence-electron chi connectivity index (χ3n) is 3.20. The van der Waals surface area contributed by atoms with Gasteiger partial charge in [0.1, 0.15) is 11.4 Å². The maximum absolute atomic E-state index is 13.0. The van der Waals surface area contributed by atoms with Crippen LogP contribution in [0.25, 0.3) is 0 Å². The van der Waals surface area contributed by atoms with Gasteiger partial charge in [-0.1, -0.05) is 29.3 Å². The first-order valence-corrected chi connectivity index (χ1v) is 6.88. The minimum atomic E-state index is -1.25. The van der Waals surface area contributed by atoms with Crippen molar-refractivity contribution in [3.8, 4) is 0 Å². The summed E-state index contributed by atoms with van der Waals surface area (Å²) in [7, 11) is 0. The van der Waals surface area contributed by atoms with Gasteiger partial charge in [-0.05, 0) is 43.3 Å². The van der Waals surface area contributed by atoms with Crippen molar-refractivity contribution in [2.24, 2.45) is 5.73 Å². The molecule has 0 spiro atoms. The Bertz CT molecular complexity index is 676. The van der Waals surface area contributed by atoms with E-state index >= 15 is 0 Å². The lowest BCUT2D eigenvalue weighted by Crippen LogP contribution is -2.45. The number of hydrogen-bond acceptors (Lipinski definition) is 2. The molecule has 0 fully saturated rings. The van der Waals surface area contributed by atoms with Crippen molar-refractivity contribution in [3.05, 3.63) is 63.9 Å². The summed E-state index contributed by atoms with van der Waals surface area (Å²) in [6.45, 7) is 1.60. The van der Waals surface area contributed by atoms with Crippen molar-refractivity contribution in [2.45, 2.75) is 12.5 Å². The Labute approximate surface area is 131 Å². The zero-order valence-electron chi connectivity index (χ0n) is 11.2. The Morgan fingerprint density at radius 3 is 2.33 bits per heavy atom. The van der Waals surface area contributed by atoms with Gasteiger partial charge >= 0.3 is 0 Å². The van der Waals surface area contributed by atoms with Gasteiger partial charge in [0.2, 0.25) is 5.91 Å². The summed E-state index contributed by atoms with van der Waals surface area (Å²) in [6, 6.07) is 10.4. The van der Waals surface area contributed by atoms with Crippen molar-refractivity contribution in [1.29, 1.82) is 0 Å². The van der Waals surface area contributed by atoms with Crippen LogP contribution in [0, 0.1) is 5.82 Å². The van der Waals surface area contributed by atoms with E-state index in [-0.39, 0.29) is 5.82 Å². The van der Waals surface area contributed by atoms with Gasteiger partial charge in [0.15, 0.2) is 0 Å². The van der Waals surface area contributed by atoms with E-state index in [1.165, 1.54) is 30.3 Å². The second kappa shape index (κ2) is 5.92. The fourth-order valence-electron chi connectivity index (χ4n) is 1.98. The topological polar surface area (TPSA) is 55.1 Å². The van der Waals surface area contributed by atoms with Crippen LogP contribution in [0.4, 0.5) is 10.1 Å². The molecule has 0 aliphatic carbocycles. The molecule has 0 aromatic heterocycles. The number of primary amides is 1. The second-order valence-corrected chi connectivity index (χ2v) is 5.59. The highest BCUT2D eigenvalue weighted by Crippen LogP contribution is 2.33. The van der Waals surface area contributed by atoms with E-state index in [0.717, 1.165) is 0 Å². The number of carbonyl (C=O) groups is 1. The molecule has 0 bridgehead atoms. The molecule has 3 nitrogen and oxygen atoms in total. The number of rotatable bonds is 4. The molecule has 0 aliphatic rings. The first kappa shape index (κ1) is 15.6. The Hall–Kier alpha value is -1.78. The van der Waals surface area contributed by atoms with Crippen LogP contribution in [0.5, 0.6) is 0 Å². The van der Waals surface area contributed by atoms with Crippen LogP contribution in [-0.4, -0.2) is 5.91 Å². The summed E-state index contributed by atoms with van der Waals surface area (Å²) in [5.41, 5.74) is 5.31. The summed E-state index contributed by atoms with van der Waals surface area (Å²) < 4.78 is 13.0. The van der Waals surface area contributed by atoms with Crippen molar-refractivity contribution < 1.29 is 9.18 Å². The van der Waals surface area contributed by atoms with E-state index in [1.807, 2.05) is 0 Å². The SMILES string of the molecule is CC(Nc1ccc(F)cc1)(C(N)=O)c1ccc(Cl)cc1Cl. The third-order valence-corrected chi connectivity index (χ3v) is 3.75. The van der Waals surface area contributed by atoms with Gasteiger partial charge in [-0.2, -0.15) is 0 Å². The number of nitrogens with two attached hydrogens (primary N) is 1. The Balaban J connectivity index is 2.45. The van der Waals surface area contributed by atoms with Gasteiger partial charge in [-0.15, -0.1) is 0 Å². The highest BCUT2D eigenvalue weighted by atomic mass is 35.5. The smallest absolute Gasteiger partial charge is 0.247 e. The van der Waals surface area contributed by atoms with Gasteiger partial charge in [-0.25, -0.2) is 4.39 Å². The zero-order chi connectivity index (χ0) is 15.6. The van der Waals surface area contributed by atoms with Crippen molar-refractivity contribution in [1.82, 2.24) is 0 Å². The number of halogens is 3. The molecule has 2 rings (SSSR count). The number of amides is 1. The van der Waals surface area contributed by atoms with E-state index in [4.69, 9.17) is 28.9 Å². The Kier molecular flexibility index (Phi) is 4.40. The van der Waals surface area contributed by atoms with Crippen molar-refractivity contribution in [3.63, 3.8) is 0 Å². The molecule has 0 heterocycles. The lowest BCUT2D eigenvalue weighted by molar-refractivity contribution is -0.122. The maximum atomic E-state index is 13.0. The van der Waals surface area contributed by atoms with E-state index < -0.39 is 11.4 Å². The Morgan fingerprint density at radius 2 is 1.81 bits per heavy atom. The lowest BCUT2D eigenvalue weighted by Gasteiger charge is -2.30. The standard InChI is InChI=1S/C15H13Cl2FN2O/c1-15(14(19)21,12-7-2-9(16)8-13(12)17)20-11-5-3-10(18)4-6-11/h2-8,20H,1H3,(H2,19,21). The number of hydrogen-bond donors (Lipinski definition) is 2. The van der Waals surface area contributed by atoms with Crippen LogP contribution in [0.3, 0.4) is 0 Å². The molecule has 1 unspecified atom stereocenters. The van der Waals surface area contributed by atoms with Crippen LogP contribution in [0.15, 0.2) is 42.5 Å². The molecule has 1 amide bonds. The molecule has 110 valence electrons. The third kappa shape index (κ3) is 3.28. The maximum Gasteiger partial charge on any atom is 0.247 e. The summed E-state index contributed by atoms with van der Waals surface area (Å²) in [5.74, 6) is -0.984. The Morgan fingerprint density at radius 1 is 1.19 bits per heavy atom. The number of benzene rings is 2. The zero-order valence-corrected chi connectivity index (χ0v) is 12.7. The van der Waals surface area contributed by atoms with E-state index in [0.29, 0.717) is 21.3 Å². The summed E-state index contributed by atoms with van der Waals surface area (Å²) >= 11 is 12.0. The molecule has 2 aromatic carbocycles. The fourth-order valence-corrected chi connectivity index (χ4v) is 2.58. The van der Waals surface area contributed by atoms with Gasteiger partial charge in [-0.3, -0.25) is 4.79 Å². The molecule has 0 radical (unpaired) electrons. The first-order valence-electron chi connectivity index (χ1n) is 6.12. The average Bonchev–Trinajstić information content (AvgIpc) is 2.41. The van der Waals surface area contributed by atoms with Gasteiger partial charge in [0.05, 0.1) is 0 Å². The van der Waals surface area contributed by atoms with Crippen molar-refractivity contribution in [2.75, 3.05) is 5.32 Å². The molecular weight excluding hydrogens is 314 g/mol. The number of nitrogens with one attached hydrogen (secondary N) is 1. The molecule has 6 heteroatoms. The van der Waals surface area contributed by atoms with E-state index in [9.17, 15) is 9.18 Å². The van der Waals surface area contributed by atoms with Crippen LogP contribution in [0.2, 0.25) is 10.0 Å². The molecule has 1 atom stereocenters. The van der Waals surface area contributed by atoms with Crippen LogP contribution in [-0.2, 0) is 10.3 Å². The van der Waals surface area contributed by atoms with E-state index in [2.05, 4.69) is 5.32 Å². The summed E-state index contributed by atoms with van der Waals surface area (Å²) in [5, 5.41) is 3.76. The predicted octanol–water partition coefficient (Wildman–Crippen LogP) is 3.95. The number of carbonyl (C=O) groups excluding carboxylic acids is 1. The van der Waals surface area contributed by atoms with Gasteiger partial charge < -0.3 is 11.1 Å². The highest BCUT2D eigenvalue weighted by Gasteiger charge is 2.35. The van der Waals surface area contributed by atoms with Gasteiger partial charge in [0.25, 0.3) is 0 Å². The predicted molar refractivity (Wildman–Crippen MR) is 83.0 cm³/mol. The molecular formula is C15H13Cl2FN2O. The second-order valence-electron chi connectivity index (χ2n) is 4.75. The van der Waals surface area contributed by atoms with Crippen molar-refractivity contribution >= 4 is 34.8 Å². The van der Waals surface area contributed by atoms with E-state index in [1.54, 1.807) is 19.1 Å². The summed E-state index contributed by atoms with van der Waals surface area (Å²) in [6.07, 6.45) is 0. The quantitative estimate of drug-likeness (QED) is 0.893. The van der Waals surface area contributed by atoms with Crippen LogP contribution in [0.1, 0.15) is 12.5 Å².